The minimum atomic E-state index is -0.613. The zero-order chi connectivity index (χ0) is 33.2. The van der Waals surface area contributed by atoms with E-state index in [1.807, 2.05) is 22.5 Å². The summed E-state index contributed by atoms with van der Waals surface area (Å²) < 4.78 is 32.6. The number of anilines is 2. The van der Waals surface area contributed by atoms with Crippen LogP contribution in [0.15, 0.2) is 61.1 Å². The van der Waals surface area contributed by atoms with E-state index in [0.29, 0.717) is 55.6 Å². The third-order valence-corrected chi connectivity index (χ3v) is 7.55. The predicted molar refractivity (Wildman–Crippen MR) is 169 cm³/mol. The molecule has 14 heteroatoms. The molecule has 0 aliphatic carbocycles. The standard InChI is InChI=1S/C33H35FN8O5/c1-3-42-21-36-17-24(42)18-37-32-27(8-9-28(40-32)33(44)45-2)39-30(43)19-41-13-11-25(12-14-41)47-31-6-4-5-23(38-31)20-46-29-10-7-22(16-35)15-26(29)34/h4-10,15,17,21,25H,3,11-14,18-20H2,1-2H3,(H,37,40)(H,39,43). The summed E-state index contributed by atoms with van der Waals surface area (Å²) in [4.78, 5) is 40.3. The molecular weight excluding hydrogens is 607 g/mol. The van der Waals surface area contributed by atoms with Gasteiger partial charge in [-0.05, 0) is 56.2 Å². The molecule has 1 aliphatic heterocycles. The fourth-order valence-electron chi connectivity index (χ4n) is 5.06. The molecule has 1 aliphatic rings. The van der Waals surface area contributed by atoms with Crippen LogP contribution in [0.4, 0.5) is 15.9 Å². The van der Waals surface area contributed by atoms with Crippen LogP contribution in [0.1, 0.15) is 47.2 Å². The lowest BCUT2D eigenvalue weighted by Gasteiger charge is -2.31. The highest BCUT2D eigenvalue weighted by Gasteiger charge is 2.23. The first-order valence-corrected chi connectivity index (χ1v) is 15.1. The smallest absolute Gasteiger partial charge is 0.356 e. The molecule has 0 spiro atoms. The number of piperidine rings is 1. The van der Waals surface area contributed by atoms with Crippen molar-refractivity contribution >= 4 is 23.4 Å². The van der Waals surface area contributed by atoms with Crippen molar-refractivity contribution in [1.82, 2.24) is 24.4 Å². The Hall–Kier alpha value is -5.55. The number of rotatable bonds is 13. The molecule has 1 saturated heterocycles. The van der Waals surface area contributed by atoms with Crippen LogP contribution in [0.3, 0.4) is 0 Å². The molecule has 0 bridgehead atoms. The molecule has 0 radical (unpaired) electrons. The quantitative estimate of drug-likeness (QED) is 0.202. The Labute approximate surface area is 271 Å². The Morgan fingerprint density at radius 2 is 1.96 bits per heavy atom. The number of hydrogen-bond donors (Lipinski definition) is 2. The van der Waals surface area contributed by atoms with Gasteiger partial charge in [0.15, 0.2) is 23.1 Å². The van der Waals surface area contributed by atoms with Gasteiger partial charge in [0, 0.05) is 31.9 Å². The van der Waals surface area contributed by atoms with Gasteiger partial charge in [0.25, 0.3) is 0 Å². The van der Waals surface area contributed by atoms with Crippen LogP contribution in [-0.2, 0) is 29.2 Å². The van der Waals surface area contributed by atoms with E-state index in [1.165, 1.54) is 25.3 Å². The molecule has 47 heavy (non-hydrogen) atoms. The fourth-order valence-corrected chi connectivity index (χ4v) is 5.06. The Kier molecular flexibility index (Phi) is 10.9. The number of carbonyl (C=O) groups excluding carboxylic acids is 2. The van der Waals surface area contributed by atoms with Crippen LogP contribution in [0.2, 0.25) is 0 Å². The summed E-state index contributed by atoms with van der Waals surface area (Å²) in [7, 11) is 1.29. The average molecular weight is 643 g/mol. The number of nitrogens with one attached hydrogen (secondary N) is 2. The number of nitriles is 1. The Bertz CT molecular complexity index is 1750. The second kappa shape index (κ2) is 15.6. The molecule has 0 saturated carbocycles. The van der Waals surface area contributed by atoms with Crippen LogP contribution in [0, 0.1) is 17.1 Å². The summed E-state index contributed by atoms with van der Waals surface area (Å²) in [5, 5.41) is 15.0. The number of benzene rings is 1. The molecule has 3 aromatic heterocycles. The van der Waals surface area contributed by atoms with E-state index in [-0.39, 0.29) is 42.2 Å². The van der Waals surface area contributed by atoms with Gasteiger partial charge in [-0.25, -0.2) is 24.1 Å². The molecule has 1 amide bonds. The number of aromatic nitrogens is 4. The van der Waals surface area contributed by atoms with Crippen molar-refractivity contribution in [3.63, 3.8) is 0 Å². The molecule has 5 rings (SSSR count). The molecule has 0 atom stereocenters. The maximum atomic E-state index is 14.1. The predicted octanol–water partition coefficient (Wildman–Crippen LogP) is 4.16. The van der Waals surface area contributed by atoms with Gasteiger partial charge < -0.3 is 29.4 Å². The molecule has 1 fully saturated rings. The Balaban J connectivity index is 1.12. The molecule has 0 unspecified atom stereocenters. The number of esters is 1. The summed E-state index contributed by atoms with van der Waals surface area (Å²) in [5.74, 6) is -0.587. The Morgan fingerprint density at radius 3 is 2.70 bits per heavy atom. The minimum Gasteiger partial charge on any atom is -0.484 e. The minimum absolute atomic E-state index is 0.0369. The van der Waals surface area contributed by atoms with Crippen LogP contribution >= 0.6 is 0 Å². The molecular formula is C33H35FN8O5. The zero-order valence-corrected chi connectivity index (χ0v) is 26.1. The first-order chi connectivity index (χ1) is 22.8. The van der Waals surface area contributed by atoms with Crippen LogP contribution in [0.25, 0.3) is 0 Å². The first kappa shape index (κ1) is 32.8. The lowest BCUT2D eigenvalue weighted by atomic mass is 10.1. The van der Waals surface area contributed by atoms with Crippen molar-refractivity contribution in [3.8, 4) is 17.7 Å². The second-order valence-electron chi connectivity index (χ2n) is 10.8. The number of likely N-dealkylation sites (tertiary alicyclic amines) is 1. The van der Waals surface area contributed by atoms with Crippen LogP contribution in [-0.4, -0.2) is 69.1 Å². The number of aryl methyl sites for hydroxylation is 1. The Morgan fingerprint density at radius 1 is 1.13 bits per heavy atom. The topological polar surface area (TPSA) is 157 Å². The molecule has 1 aromatic carbocycles. The third-order valence-electron chi connectivity index (χ3n) is 7.55. The number of amides is 1. The van der Waals surface area contributed by atoms with Gasteiger partial charge >= 0.3 is 5.97 Å². The number of pyridine rings is 2. The van der Waals surface area contributed by atoms with E-state index in [2.05, 4.69) is 25.6 Å². The van der Waals surface area contributed by atoms with Crippen molar-refractivity contribution in [3.05, 3.63) is 89.5 Å². The van der Waals surface area contributed by atoms with Crippen LogP contribution < -0.4 is 20.1 Å². The summed E-state index contributed by atoms with van der Waals surface area (Å²) >= 11 is 0. The van der Waals surface area contributed by atoms with E-state index in [9.17, 15) is 14.0 Å². The van der Waals surface area contributed by atoms with Gasteiger partial charge in [-0.3, -0.25) is 9.69 Å². The summed E-state index contributed by atoms with van der Waals surface area (Å²) in [6.45, 7) is 4.65. The normalized spacial score (nSPS) is 13.4. The van der Waals surface area contributed by atoms with E-state index < -0.39 is 11.8 Å². The van der Waals surface area contributed by atoms with E-state index >= 15 is 0 Å². The second-order valence-corrected chi connectivity index (χ2v) is 10.8. The number of methoxy groups -OCH3 is 1. The zero-order valence-electron chi connectivity index (χ0n) is 26.1. The summed E-state index contributed by atoms with van der Waals surface area (Å²) in [5.41, 5.74) is 2.27. The highest BCUT2D eigenvalue weighted by Crippen LogP contribution is 2.23. The van der Waals surface area contributed by atoms with E-state index in [1.54, 1.807) is 36.8 Å². The monoisotopic (exact) mass is 642 g/mol. The van der Waals surface area contributed by atoms with Gasteiger partial charge in [-0.2, -0.15) is 5.26 Å². The average Bonchev–Trinajstić information content (AvgIpc) is 3.55. The van der Waals surface area contributed by atoms with Crippen molar-refractivity contribution in [2.24, 2.45) is 0 Å². The lowest BCUT2D eigenvalue weighted by Crippen LogP contribution is -2.42. The molecule has 244 valence electrons. The third kappa shape index (κ3) is 8.80. The molecule has 13 nitrogen and oxygen atoms in total. The summed E-state index contributed by atoms with van der Waals surface area (Å²) in [6, 6.07) is 14.4. The van der Waals surface area contributed by atoms with Gasteiger partial charge in [0.05, 0.1) is 55.2 Å². The lowest BCUT2D eigenvalue weighted by molar-refractivity contribution is -0.117. The van der Waals surface area contributed by atoms with Gasteiger partial charge in [-0.15, -0.1) is 0 Å². The largest absolute Gasteiger partial charge is 0.484 e. The van der Waals surface area contributed by atoms with Gasteiger partial charge in [-0.1, -0.05) is 6.07 Å². The van der Waals surface area contributed by atoms with Crippen molar-refractivity contribution < 1.29 is 28.2 Å². The number of carbonyl (C=O) groups is 2. The van der Waals surface area contributed by atoms with E-state index in [0.717, 1.165) is 18.3 Å². The fraction of sp³-hybridized carbons (Fsp3) is 0.333. The number of ether oxygens (including phenoxy) is 3. The number of halogens is 1. The van der Waals surface area contributed by atoms with Crippen molar-refractivity contribution in [2.45, 2.75) is 45.6 Å². The van der Waals surface area contributed by atoms with Crippen molar-refractivity contribution in [1.29, 1.82) is 5.26 Å². The van der Waals surface area contributed by atoms with Gasteiger partial charge in [0.1, 0.15) is 12.7 Å². The van der Waals surface area contributed by atoms with Crippen molar-refractivity contribution in [2.75, 3.05) is 37.4 Å². The summed E-state index contributed by atoms with van der Waals surface area (Å²) in [6.07, 6.45) is 4.78. The van der Waals surface area contributed by atoms with Crippen LogP contribution in [0.5, 0.6) is 11.6 Å². The molecule has 2 N–H and O–H groups in total. The maximum Gasteiger partial charge on any atom is 0.356 e. The number of nitrogens with zero attached hydrogens (tertiary/aromatic N) is 6. The first-order valence-electron chi connectivity index (χ1n) is 15.1. The molecule has 4 aromatic rings. The number of hydrogen-bond acceptors (Lipinski definition) is 11. The highest BCUT2D eigenvalue weighted by molar-refractivity contribution is 5.96. The SMILES string of the molecule is CCn1cncc1CNc1nc(C(=O)OC)ccc1NC(=O)CN1CCC(Oc2cccc(COc3ccc(C#N)cc3F)n2)CC1. The molecule has 4 heterocycles. The van der Waals surface area contributed by atoms with Gasteiger partial charge in [0.2, 0.25) is 11.8 Å². The maximum absolute atomic E-state index is 14.1. The van der Waals surface area contributed by atoms with E-state index in [4.69, 9.17) is 19.5 Å². The number of imidazole rings is 1. The highest BCUT2D eigenvalue weighted by atomic mass is 19.1.